The van der Waals surface area contributed by atoms with Gasteiger partial charge < -0.3 is 15.5 Å². The summed E-state index contributed by atoms with van der Waals surface area (Å²) in [5, 5.41) is 5.51. The number of rotatable bonds is 11. The van der Waals surface area contributed by atoms with Crippen molar-refractivity contribution < 1.29 is 22.4 Å². The third-order valence-corrected chi connectivity index (χ3v) is 6.64. The second-order valence-electron chi connectivity index (χ2n) is 7.36. The van der Waals surface area contributed by atoms with Crippen molar-refractivity contribution in [2.75, 3.05) is 44.4 Å². The van der Waals surface area contributed by atoms with Crippen LogP contribution in [0, 0.1) is 5.82 Å². The van der Waals surface area contributed by atoms with Gasteiger partial charge in [-0.2, -0.15) is 0 Å². The molecule has 0 aliphatic heterocycles. The molecular formula is C22H29FN4O4S. The van der Waals surface area contributed by atoms with Crippen molar-refractivity contribution >= 4 is 33.2 Å². The lowest BCUT2D eigenvalue weighted by Crippen LogP contribution is -2.38. The lowest BCUT2D eigenvalue weighted by molar-refractivity contribution is -0.131. The maximum absolute atomic E-state index is 12.9. The van der Waals surface area contributed by atoms with Crippen LogP contribution < -0.4 is 10.6 Å². The van der Waals surface area contributed by atoms with Gasteiger partial charge in [0.05, 0.1) is 18.0 Å². The number of nitrogens with zero attached hydrogens (tertiary/aromatic N) is 2. The van der Waals surface area contributed by atoms with E-state index in [2.05, 4.69) is 10.6 Å². The Hall–Kier alpha value is -2.98. The van der Waals surface area contributed by atoms with Gasteiger partial charge in [-0.25, -0.2) is 17.1 Å². The summed E-state index contributed by atoms with van der Waals surface area (Å²) in [7, 11) is -0.500. The zero-order valence-electron chi connectivity index (χ0n) is 18.5. The van der Waals surface area contributed by atoms with Gasteiger partial charge in [0, 0.05) is 32.0 Å². The van der Waals surface area contributed by atoms with Gasteiger partial charge in [0.1, 0.15) is 5.82 Å². The van der Waals surface area contributed by atoms with Crippen molar-refractivity contribution in [3.8, 4) is 0 Å². The van der Waals surface area contributed by atoms with Crippen molar-refractivity contribution in [2.24, 2.45) is 0 Å². The number of sulfonamides is 1. The van der Waals surface area contributed by atoms with E-state index in [1.165, 1.54) is 52.7 Å². The minimum absolute atomic E-state index is 0.0666. The summed E-state index contributed by atoms with van der Waals surface area (Å²) >= 11 is 0. The predicted molar refractivity (Wildman–Crippen MR) is 122 cm³/mol. The number of nitrogens with one attached hydrogen (secondary N) is 2. The summed E-state index contributed by atoms with van der Waals surface area (Å²) in [6.07, 6.45) is 1.69. The Morgan fingerprint density at radius 2 is 1.56 bits per heavy atom. The van der Waals surface area contributed by atoms with Crippen LogP contribution in [0.3, 0.4) is 0 Å². The van der Waals surface area contributed by atoms with Crippen LogP contribution in [0.2, 0.25) is 0 Å². The fourth-order valence-corrected chi connectivity index (χ4v) is 3.98. The lowest BCUT2D eigenvalue weighted by atomic mass is 10.3. The Balaban J connectivity index is 1.85. The van der Waals surface area contributed by atoms with E-state index in [-0.39, 0.29) is 23.9 Å². The molecule has 0 heterocycles. The van der Waals surface area contributed by atoms with Crippen LogP contribution in [0.4, 0.5) is 15.8 Å². The number of carbonyl (C=O) groups excluding carboxylic acids is 2. The van der Waals surface area contributed by atoms with Crippen LogP contribution in [0.1, 0.15) is 19.8 Å². The summed E-state index contributed by atoms with van der Waals surface area (Å²) in [6, 6.07) is 11.5. The van der Waals surface area contributed by atoms with Gasteiger partial charge in [-0.15, -0.1) is 0 Å². The van der Waals surface area contributed by atoms with E-state index in [0.717, 1.165) is 12.8 Å². The van der Waals surface area contributed by atoms with Crippen LogP contribution in [-0.4, -0.2) is 63.2 Å². The molecule has 0 radical (unpaired) electrons. The zero-order valence-corrected chi connectivity index (χ0v) is 19.3. The van der Waals surface area contributed by atoms with Crippen molar-refractivity contribution in [1.29, 1.82) is 0 Å². The molecule has 0 spiro atoms. The molecule has 2 rings (SSSR count). The standard InChI is InChI=1S/C22H29FN4O4S/c1-4-5-14-27(3)32(30,31)20-12-10-18(11-13-20)24-15-22(29)26(2)16-21(28)25-19-8-6-17(23)7-9-19/h6-13,24H,4-5,14-16H2,1-3H3,(H,25,28). The van der Waals surface area contributed by atoms with E-state index in [1.54, 1.807) is 19.2 Å². The Labute approximate surface area is 188 Å². The highest BCUT2D eigenvalue weighted by atomic mass is 32.2. The average molecular weight is 465 g/mol. The van der Waals surface area contributed by atoms with E-state index >= 15 is 0 Å². The van der Waals surface area contributed by atoms with Gasteiger partial charge in [0.2, 0.25) is 21.8 Å². The highest BCUT2D eigenvalue weighted by molar-refractivity contribution is 7.89. The van der Waals surface area contributed by atoms with Gasteiger partial charge in [0.25, 0.3) is 0 Å². The number of amides is 2. The van der Waals surface area contributed by atoms with Crippen LogP contribution in [0.25, 0.3) is 0 Å². The molecule has 2 aromatic rings. The molecule has 0 aliphatic carbocycles. The summed E-state index contributed by atoms with van der Waals surface area (Å²) in [4.78, 5) is 25.8. The molecule has 2 N–H and O–H groups in total. The minimum atomic E-state index is -3.55. The second kappa shape index (κ2) is 11.6. The number of carbonyl (C=O) groups is 2. The van der Waals surface area contributed by atoms with Crippen LogP contribution in [-0.2, 0) is 19.6 Å². The Kier molecular flexibility index (Phi) is 9.15. The molecule has 0 aliphatic rings. The summed E-state index contributed by atoms with van der Waals surface area (Å²) < 4.78 is 39.3. The number of likely N-dealkylation sites (N-methyl/N-ethyl adjacent to an activating group) is 1. The first-order valence-electron chi connectivity index (χ1n) is 10.2. The fourth-order valence-electron chi connectivity index (χ4n) is 2.78. The summed E-state index contributed by atoms with van der Waals surface area (Å²) in [6.45, 7) is 2.22. The van der Waals surface area contributed by atoms with E-state index < -0.39 is 21.7 Å². The SMILES string of the molecule is CCCCN(C)S(=O)(=O)c1ccc(NCC(=O)N(C)CC(=O)Nc2ccc(F)cc2)cc1. The smallest absolute Gasteiger partial charge is 0.243 e. The first kappa shape index (κ1) is 25.3. The molecule has 0 bridgehead atoms. The summed E-state index contributed by atoms with van der Waals surface area (Å²) in [5.41, 5.74) is 1.02. The van der Waals surface area contributed by atoms with E-state index in [0.29, 0.717) is 17.9 Å². The number of unbranched alkanes of at least 4 members (excludes halogenated alkanes) is 1. The molecule has 0 saturated heterocycles. The molecule has 8 nitrogen and oxygen atoms in total. The second-order valence-corrected chi connectivity index (χ2v) is 9.41. The third kappa shape index (κ3) is 7.31. The van der Waals surface area contributed by atoms with Crippen molar-refractivity contribution in [3.05, 3.63) is 54.3 Å². The zero-order chi connectivity index (χ0) is 23.7. The number of anilines is 2. The van der Waals surface area contributed by atoms with E-state index in [4.69, 9.17) is 0 Å². The van der Waals surface area contributed by atoms with Crippen LogP contribution >= 0.6 is 0 Å². The van der Waals surface area contributed by atoms with E-state index in [1.807, 2.05) is 6.92 Å². The van der Waals surface area contributed by atoms with Crippen LogP contribution in [0.15, 0.2) is 53.4 Å². The van der Waals surface area contributed by atoms with Crippen molar-refractivity contribution in [1.82, 2.24) is 9.21 Å². The maximum Gasteiger partial charge on any atom is 0.243 e. The summed E-state index contributed by atoms with van der Waals surface area (Å²) in [5.74, 6) is -1.14. The minimum Gasteiger partial charge on any atom is -0.376 e. The van der Waals surface area contributed by atoms with Crippen LogP contribution in [0.5, 0.6) is 0 Å². The number of halogens is 1. The molecule has 32 heavy (non-hydrogen) atoms. The van der Waals surface area contributed by atoms with Crippen molar-refractivity contribution in [3.63, 3.8) is 0 Å². The van der Waals surface area contributed by atoms with Gasteiger partial charge in [-0.05, 0) is 55.0 Å². The normalized spacial score (nSPS) is 11.3. The lowest BCUT2D eigenvalue weighted by Gasteiger charge is -2.18. The maximum atomic E-state index is 12.9. The molecule has 0 atom stereocenters. The molecule has 0 fully saturated rings. The Morgan fingerprint density at radius 3 is 2.16 bits per heavy atom. The quantitative estimate of drug-likeness (QED) is 0.533. The van der Waals surface area contributed by atoms with Gasteiger partial charge in [-0.1, -0.05) is 13.3 Å². The van der Waals surface area contributed by atoms with Gasteiger partial charge in [0.15, 0.2) is 0 Å². The largest absolute Gasteiger partial charge is 0.376 e. The number of benzene rings is 2. The molecule has 0 saturated carbocycles. The molecule has 10 heteroatoms. The Bertz CT molecular complexity index is 1010. The predicted octanol–water partition coefficient (Wildman–Crippen LogP) is 2.76. The highest BCUT2D eigenvalue weighted by Crippen LogP contribution is 2.18. The molecule has 174 valence electrons. The molecular weight excluding hydrogens is 435 g/mol. The molecule has 0 unspecified atom stereocenters. The first-order valence-corrected chi connectivity index (χ1v) is 11.7. The number of hydrogen-bond acceptors (Lipinski definition) is 5. The van der Waals surface area contributed by atoms with Gasteiger partial charge in [-0.3, -0.25) is 9.59 Å². The van der Waals surface area contributed by atoms with E-state index in [9.17, 15) is 22.4 Å². The average Bonchev–Trinajstić information content (AvgIpc) is 2.77. The molecule has 2 amide bonds. The van der Waals surface area contributed by atoms with Gasteiger partial charge >= 0.3 is 0 Å². The third-order valence-electron chi connectivity index (χ3n) is 4.77. The molecule has 0 aromatic heterocycles. The fraction of sp³-hybridized carbons (Fsp3) is 0.364. The highest BCUT2D eigenvalue weighted by Gasteiger charge is 2.20. The first-order chi connectivity index (χ1) is 15.1. The topological polar surface area (TPSA) is 98.8 Å². The van der Waals surface area contributed by atoms with Crippen molar-refractivity contribution in [2.45, 2.75) is 24.7 Å². The Morgan fingerprint density at radius 1 is 0.969 bits per heavy atom. The monoisotopic (exact) mass is 464 g/mol. The molecule has 2 aromatic carbocycles. The number of hydrogen-bond donors (Lipinski definition) is 2.